The third-order valence-electron chi connectivity index (χ3n) is 7.51. The molecule has 1 aliphatic carbocycles. The SMILES string of the molecule is CCOC(=O)c1c(NC(=O)c2cc3n(n2)C(C(F)(F)F)CC(c2cccs2)N3)sc2c1CCC(C(C)(C)C)C2. The zero-order chi connectivity index (χ0) is 28.1. The van der Waals surface area contributed by atoms with Gasteiger partial charge in [0.2, 0.25) is 0 Å². The first-order chi connectivity index (χ1) is 18.4. The first-order valence-electron chi connectivity index (χ1n) is 13.0. The van der Waals surface area contributed by atoms with Gasteiger partial charge in [0, 0.05) is 22.2 Å². The number of hydrogen-bond donors (Lipinski definition) is 2. The second kappa shape index (κ2) is 10.3. The van der Waals surface area contributed by atoms with Gasteiger partial charge in [-0.1, -0.05) is 26.8 Å². The van der Waals surface area contributed by atoms with Crippen LogP contribution >= 0.6 is 22.7 Å². The van der Waals surface area contributed by atoms with E-state index in [9.17, 15) is 22.8 Å². The Labute approximate surface area is 232 Å². The second-order valence-corrected chi connectivity index (χ2v) is 13.1. The summed E-state index contributed by atoms with van der Waals surface area (Å²) in [5.41, 5.74) is 1.15. The highest BCUT2D eigenvalue weighted by Crippen LogP contribution is 2.46. The number of carbonyl (C=O) groups excluding carboxylic acids is 2. The number of alkyl halides is 3. The molecule has 3 aromatic heterocycles. The van der Waals surface area contributed by atoms with E-state index in [1.54, 1.807) is 19.1 Å². The quantitative estimate of drug-likeness (QED) is 0.311. The van der Waals surface area contributed by atoms with E-state index in [0.717, 1.165) is 32.8 Å². The van der Waals surface area contributed by atoms with E-state index in [0.29, 0.717) is 22.9 Å². The van der Waals surface area contributed by atoms with Crippen LogP contribution < -0.4 is 10.6 Å². The predicted molar refractivity (Wildman–Crippen MR) is 146 cm³/mol. The van der Waals surface area contributed by atoms with Crippen LogP contribution in [0.3, 0.4) is 0 Å². The summed E-state index contributed by atoms with van der Waals surface area (Å²) < 4.78 is 48.2. The van der Waals surface area contributed by atoms with Gasteiger partial charge < -0.3 is 15.4 Å². The topological polar surface area (TPSA) is 85.2 Å². The van der Waals surface area contributed by atoms with E-state index in [1.807, 2.05) is 5.38 Å². The fraction of sp³-hybridized carbons (Fsp3) is 0.519. The number of hydrogen-bond acceptors (Lipinski definition) is 7. The molecule has 3 atom stereocenters. The van der Waals surface area contributed by atoms with Crippen LogP contribution in [0.5, 0.6) is 0 Å². The Balaban J connectivity index is 1.45. The van der Waals surface area contributed by atoms with Gasteiger partial charge in [0.15, 0.2) is 11.7 Å². The molecular weight excluding hydrogens is 549 g/mol. The summed E-state index contributed by atoms with van der Waals surface area (Å²) in [5, 5.41) is 12.1. The van der Waals surface area contributed by atoms with Gasteiger partial charge in [-0.15, -0.1) is 22.7 Å². The fourth-order valence-electron chi connectivity index (χ4n) is 5.36. The Kier molecular flexibility index (Phi) is 7.30. The van der Waals surface area contributed by atoms with Crippen molar-refractivity contribution in [2.45, 2.75) is 71.6 Å². The van der Waals surface area contributed by atoms with Crippen LogP contribution in [0.25, 0.3) is 0 Å². The standard InChI is InChI=1S/C27H31F3N4O3S2/c1-5-37-25(36)22-15-9-8-14(26(2,3)4)11-19(15)39-24(22)32-23(35)17-13-21-31-16(18-7-6-10-38-18)12-20(27(28,29)30)34(21)33-17/h6-7,10,13-14,16,20,31H,5,8-9,11-12H2,1-4H3,(H,32,35). The Morgan fingerprint density at radius 3 is 2.69 bits per heavy atom. The summed E-state index contributed by atoms with van der Waals surface area (Å²) in [6, 6.07) is 2.49. The Morgan fingerprint density at radius 1 is 1.28 bits per heavy atom. The third-order valence-corrected chi connectivity index (χ3v) is 9.66. The van der Waals surface area contributed by atoms with Gasteiger partial charge in [-0.3, -0.25) is 4.79 Å². The molecule has 210 valence electrons. The van der Waals surface area contributed by atoms with Crippen LogP contribution in [0.4, 0.5) is 24.0 Å². The Morgan fingerprint density at radius 2 is 2.05 bits per heavy atom. The molecule has 5 rings (SSSR count). The van der Waals surface area contributed by atoms with E-state index in [2.05, 4.69) is 36.5 Å². The fourth-order valence-corrected chi connectivity index (χ4v) is 7.46. The lowest BCUT2D eigenvalue weighted by atomic mass is 9.72. The van der Waals surface area contributed by atoms with Crippen molar-refractivity contribution < 1.29 is 27.5 Å². The molecule has 0 aromatic carbocycles. The van der Waals surface area contributed by atoms with Gasteiger partial charge in [-0.05, 0) is 54.5 Å². The maximum Gasteiger partial charge on any atom is 0.410 e. The van der Waals surface area contributed by atoms with Crippen LogP contribution in [0.15, 0.2) is 23.6 Å². The monoisotopic (exact) mass is 580 g/mol. The van der Waals surface area contributed by atoms with Gasteiger partial charge >= 0.3 is 12.1 Å². The Bertz CT molecular complexity index is 1370. The minimum absolute atomic E-state index is 0.0910. The average molecular weight is 581 g/mol. The molecule has 4 heterocycles. The lowest BCUT2D eigenvalue weighted by molar-refractivity contribution is -0.173. The highest BCUT2D eigenvalue weighted by Gasteiger charge is 2.47. The van der Waals surface area contributed by atoms with Crippen molar-refractivity contribution in [3.8, 4) is 0 Å². The van der Waals surface area contributed by atoms with Gasteiger partial charge in [0.1, 0.15) is 10.8 Å². The summed E-state index contributed by atoms with van der Waals surface area (Å²) in [7, 11) is 0. The maximum absolute atomic E-state index is 14.0. The van der Waals surface area contributed by atoms with E-state index < -0.39 is 30.1 Å². The van der Waals surface area contributed by atoms with Crippen molar-refractivity contribution in [1.29, 1.82) is 0 Å². The molecule has 3 aromatic rings. The van der Waals surface area contributed by atoms with Gasteiger partial charge in [-0.25, -0.2) is 9.48 Å². The number of carbonyl (C=O) groups is 2. The lowest BCUT2D eigenvalue weighted by Crippen LogP contribution is -2.35. The summed E-state index contributed by atoms with van der Waals surface area (Å²) in [6.07, 6.45) is -2.39. The molecule has 0 bridgehead atoms. The number of nitrogens with zero attached hydrogens (tertiary/aromatic N) is 2. The molecule has 0 spiro atoms. The molecule has 12 heteroatoms. The third kappa shape index (κ3) is 5.45. The summed E-state index contributed by atoms with van der Waals surface area (Å²) in [6.45, 7) is 8.48. The van der Waals surface area contributed by atoms with Crippen LogP contribution in [-0.2, 0) is 17.6 Å². The maximum atomic E-state index is 14.0. The number of halogens is 3. The van der Waals surface area contributed by atoms with Crippen molar-refractivity contribution >= 4 is 45.4 Å². The van der Waals surface area contributed by atoms with Crippen molar-refractivity contribution in [3.63, 3.8) is 0 Å². The van der Waals surface area contributed by atoms with Crippen LogP contribution in [0.1, 0.15) is 88.8 Å². The molecule has 1 aliphatic heterocycles. The molecule has 7 nitrogen and oxygen atoms in total. The molecule has 3 unspecified atom stereocenters. The number of amides is 1. The largest absolute Gasteiger partial charge is 0.462 e. The first kappa shape index (κ1) is 27.7. The zero-order valence-corrected chi connectivity index (χ0v) is 23.8. The number of nitrogens with one attached hydrogen (secondary N) is 2. The summed E-state index contributed by atoms with van der Waals surface area (Å²) in [4.78, 5) is 28.1. The minimum atomic E-state index is -4.54. The predicted octanol–water partition coefficient (Wildman–Crippen LogP) is 7.25. The number of rotatable bonds is 5. The first-order valence-corrected chi connectivity index (χ1v) is 14.7. The highest BCUT2D eigenvalue weighted by atomic mass is 32.1. The Hall–Kier alpha value is -2.86. The van der Waals surface area contributed by atoms with Crippen LogP contribution in [-0.4, -0.2) is 34.4 Å². The van der Waals surface area contributed by atoms with E-state index in [-0.39, 0.29) is 30.0 Å². The van der Waals surface area contributed by atoms with Crippen molar-refractivity contribution in [2.75, 3.05) is 17.2 Å². The minimum Gasteiger partial charge on any atom is -0.462 e. The molecule has 2 N–H and O–H groups in total. The van der Waals surface area contributed by atoms with E-state index in [4.69, 9.17) is 4.74 Å². The lowest BCUT2D eigenvalue weighted by Gasteiger charge is -2.33. The summed E-state index contributed by atoms with van der Waals surface area (Å²) >= 11 is 2.71. The molecule has 0 radical (unpaired) electrons. The molecule has 0 fully saturated rings. The molecular formula is C27H31F3N4O3S2. The highest BCUT2D eigenvalue weighted by molar-refractivity contribution is 7.17. The number of aromatic nitrogens is 2. The number of esters is 1. The van der Waals surface area contributed by atoms with Gasteiger partial charge in [0.05, 0.1) is 18.2 Å². The van der Waals surface area contributed by atoms with Crippen LogP contribution in [0, 0.1) is 11.3 Å². The van der Waals surface area contributed by atoms with Crippen molar-refractivity contribution in [2.24, 2.45) is 11.3 Å². The van der Waals surface area contributed by atoms with Crippen molar-refractivity contribution in [3.05, 3.63) is 50.2 Å². The smallest absolute Gasteiger partial charge is 0.410 e. The zero-order valence-electron chi connectivity index (χ0n) is 22.1. The van der Waals surface area contributed by atoms with Gasteiger partial charge in [-0.2, -0.15) is 18.3 Å². The molecule has 0 saturated heterocycles. The summed E-state index contributed by atoms with van der Waals surface area (Å²) in [5.74, 6) is -0.648. The van der Waals surface area contributed by atoms with E-state index >= 15 is 0 Å². The number of fused-ring (bicyclic) bond motifs is 2. The van der Waals surface area contributed by atoms with Crippen LogP contribution in [0.2, 0.25) is 0 Å². The molecule has 39 heavy (non-hydrogen) atoms. The number of thiophene rings is 2. The molecule has 1 amide bonds. The molecule has 0 saturated carbocycles. The number of anilines is 2. The second-order valence-electron chi connectivity index (χ2n) is 11.1. The number of ether oxygens (including phenoxy) is 1. The van der Waals surface area contributed by atoms with Gasteiger partial charge in [0.25, 0.3) is 5.91 Å². The molecule has 2 aliphatic rings. The normalized spacial score (nSPS) is 21.1. The van der Waals surface area contributed by atoms with Crippen molar-refractivity contribution in [1.82, 2.24) is 9.78 Å². The van der Waals surface area contributed by atoms with E-state index in [1.165, 1.54) is 28.7 Å². The average Bonchev–Trinajstić information content (AvgIpc) is 3.59.